The molecule has 0 aliphatic carbocycles. The molecule has 0 spiro atoms. The lowest BCUT2D eigenvalue weighted by atomic mass is 10.2. The summed E-state index contributed by atoms with van der Waals surface area (Å²) in [6, 6.07) is 3.33. The Hall–Kier alpha value is -2.44. The van der Waals surface area contributed by atoms with E-state index < -0.39 is 0 Å². The summed E-state index contributed by atoms with van der Waals surface area (Å²) in [5.41, 5.74) is 0.532. The second-order valence-electron chi connectivity index (χ2n) is 5.58. The highest BCUT2D eigenvalue weighted by Gasteiger charge is 2.24. The van der Waals surface area contributed by atoms with Crippen LogP contribution < -0.4 is 19.1 Å². The summed E-state index contributed by atoms with van der Waals surface area (Å²) in [6.07, 6.45) is 2.02. The second-order valence-corrected chi connectivity index (χ2v) is 5.58. The molecule has 0 aromatic heterocycles. The summed E-state index contributed by atoms with van der Waals surface area (Å²) >= 11 is 0. The van der Waals surface area contributed by atoms with Gasteiger partial charge >= 0.3 is 0 Å². The molecule has 7 heteroatoms. The van der Waals surface area contributed by atoms with Gasteiger partial charge in [-0.15, -0.1) is 0 Å². The summed E-state index contributed by atoms with van der Waals surface area (Å²) < 4.78 is 15.9. The molecule has 2 rings (SSSR count). The number of amides is 2. The molecule has 1 saturated heterocycles. The van der Waals surface area contributed by atoms with E-state index in [0.29, 0.717) is 22.9 Å². The molecule has 0 atom stereocenters. The van der Waals surface area contributed by atoms with E-state index in [2.05, 4.69) is 0 Å². The first kappa shape index (κ1) is 17.9. The van der Waals surface area contributed by atoms with Crippen molar-refractivity contribution in [3.05, 3.63) is 12.1 Å². The van der Waals surface area contributed by atoms with Gasteiger partial charge in [0.25, 0.3) is 0 Å². The van der Waals surface area contributed by atoms with Gasteiger partial charge < -0.3 is 24.0 Å². The van der Waals surface area contributed by atoms with Crippen molar-refractivity contribution in [2.75, 3.05) is 45.9 Å². The summed E-state index contributed by atoms with van der Waals surface area (Å²) in [5.74, 6) is 1.03. The number of hydrogen-bond acceptors (Lipinski definition) is 5. The van der Waals surface area contributed by atoms with E-state index in [-0.39, 0.29) is 18.4 Å². The van der Waals surface area contributed by atoms with Crippen molar-refractivity contribution < 1.29 is 23.8 Å². The third-order valence-corrected chi connectivity index (χ3v) is 4.09. The lowest BCUT2D eigenvalue weighted by Gasteiger charge is -2.25. The van der Waals surface area contributed by atoms with Crippen molar-refractivity contribution in [2.24, 2.45) is 0 Å². The van der Waals surface area contributed by atoms with Gasteiger partial charge in [-0.1, -0.05) is 0 Å². The SMILES string of the molecule is COc1cc(N(CC(=O)N2CCCC2)C(C)=O)cc(OC)c1OC. The highest BCUT2D eigenvalue weighted by Crippen LogP contribution is 2.41. The third-order valence-electron chi connectivity index (χ3n) is 4.09. The molecule has 1 heterocycles. The predicted octanol–water partition coefficient (Wildman–Crippen LogP) is 1.69. The smallest absolute Gasteiger partial charge is 0.242 e. The molecule has 0 bridgehead atoms. The van der Waals surface area contributed by atoms with Crippen LogP contribution in [-0.2, 0) is 9.59 Å². The number of carbonyl (C=O) groups is 2. The molecule has 1 aliphatic heterocycles. The maximum atomic E-state index is 12.4. The number of rotatable bonds is 6. The van der Waals surface area contributed by atoms with Crippen LogP contribution in [0.25, 0.3) is 0 Å². The highest BCUT2D eigenvalue weighted by molar-refractivity contribution is 5.98. The van der Waals surface area contributed by atoms with Crippen molar-refractivity contribution in [2.45, 2.75) is 19.8 Å². The van der Waals surface area contributed by atoms with Crippen LogP contribution >= 0.6 is 0 Å². The molecule has 1 fully saturated rings. The molecule has 24 heavy (non-hydrogen) atoms. The topological polar surface area (TPSA) is 68.3 Å². The standard InChI is InChI=1S/C17H24N2O5/c1-12(20)19(11-16(21)18-7-5-6-8-18)13-9-14(22-2)17(24-4)15(10-13)23-3/h9-10H,5-8,11H2,1-4H3. The maximum absolute atomic E-state index is 12.4. The van der Waals surface area contributed by atoms with Crippen LogP contribution in [0.15, 0.2) is 12.1 Å². The molecule has 7 nitrogen and oxygen atoms in total. The Balaban J connectivity index is 2.33. The van der Waals surface area contributed by atoms with E-state index in [1.54, 1.807) is 17.0 Å². The maximum Gasteiger partial charge on any atom is 0.242 e. The van der Waals surface area contributed by atoms with Gasteiger partial charge in [-0.2, -0.15) is 0 Å². The van der Waals surface area contributed by atoms with Crippen LogP contribution in [0.4, 0.5) is 5.69 Å². The quantitative estimate of drug-likeness (QED) is 0.791. The zero-order chi connectivity index (χ0) is 17.7. The number of nitrogens with zero attached hydrogens (tertiary/aromatic N) is 2. The molecule has 0 radical (unpaired) electrons. The molecule has 1 aliphatic rings. The Bertz CT molecular complexity index is 586. The Morgan fingerprint density at radius 3 is 2.00 bits per heavy atom. The number of ether oxygens (including phenoxy) is 3. The van der Waals surface area contributed by atoms with Gasteiger partial charge in [0.05, 0.1) is 27.0 Å². The van der Waals surface area contributed by atoms with Crippen molar-refractivity contribution in [3.63, 3.8) is 0 Å². The van der Waals surface area contributed by atoms with Crippen LogP contribution in [0.1, 0.15) is 19.8 Å². The van der Waals surface area contributed by atoms with Gasteiger partial charge in [0.2, 0.25) is 17.6 Å². The van der Waals surface area contributed by atoms with Crippen LogP contribution in [0.3, 0.4) is 0 Å². The summed E-state index contributed by atoms with van der Waals surface area (Å²) in [7, 11) is 4.53. The Morgan fingerprint density at radius 2 is 1.58 bits per heavy atom. The normalized spacial score (nSPS) is 13.6. The van der Waals surface area contributed by atoms with E-state index in [1.807, 2.05) is 0 Å². The molecular formula is C17H24N2O5. The summed E-state index contributed by atoms with van der Waals surface area (Å²) in [4.78, 5) is 27.7. The molecule has 0 unspecified atom stereocenters. The van der Waals surface area contributed by atoms with Crippen molar-refractivity contribution in [1.29, 1.82) is 0 Å². The van der Waals surface area contributed by atoms with Crippen molar-refractivity contribution in [3.8, 4) is 17.2 Å². The fourth-order valence-corrected chi connectivity index (χ4v) is 2.81. The molecule has 1 aromatic rings. The summed E-state index contributed by atoms with van der Waals surface area (Å²) in [6.45, 7) is 2.92. The Morgan fingerprint density at radius 1 is 1.04 bits per heavy atom. The van der Waals surface area contributed by atoms with Gasteiger partial charge in [0.1, 0.15) is 6.54 Å². The molecule has 0 saturated carbocycles. The molecule has 132 valence electrons. The first-order valence-electron chi connectivity index (χ1n) is 7.87. The monoisotopic (exact) mass is 336 g/mol. The predicted molar refractivity (Wildman–Crippen MR) is 89.9 cm³/mol. The number of anilines is 1. The Labute approximate surface area is 142 Å². The number of methoxy groups -OCH3 is 3. The number of benzene rings is 1. The number of carbonyl (C=O) groups excluding carboxylic acids is 2. The van der Waals surface area contributed by atoms with Crippen molar-refractivity contribution in [1.82, 2.24) is 4.90 Å². The molecule has 2 amide bonds. The first-order chi connectivity index (χ1) is 11.5. The zero-order valence-electron chi connectivity index (χ0n) is 14.6. The van der Waals surface area contributed by atoms with E-state index in [4.69, 9.17) is 14.2 Å². The average molecular weight is 336 g/mol. The van der Waals surface area contributed by atoms with E-state index >= 15 is 0 Å². The van der Waals surface area contributed by atoms with Crippen LogP contribution in [-0.4, -0.2) is 57.7 Å². The first-order valence-corrected chi connectivity index (χ1v) is 7.87. The van der Waals surface area contributed by atoms with Crippen molar-refractivity contribution >= 4 is 17.5 Å². The largest absolute Gasteiger partial charge is 0.493 e. The zero-order valence-corrected chi connectivity index (χ0v) is 14.6. The van der Waals surface area contributed by atoms with Gasteiger partial charge in [0, 0.05) is 32.1 Å². The lowest BCUT2D eigenvalue weighted by molar-refractivity contribution is -0.130. The van der Waals surface area contributed by atoms with Crippen LogP contribution in [0.2, 0.25) is 0 Å². The minimum absolute atomic E-state index is 0.00598. The van der Waals surface area contributed by atoms with Crippen LogP contribution in [0.5, 0.6) is 17.2 Å². The summed E-state index contributed by atoms with van der Waals surface area (Å²) in [5, 5.41) is 0. The van der Waals surface area contributed by atoms with Gasteiger partial charge in [0.15, 0.2) is 11.5 Å². The minimum Gasteiger partial charge on any atom is -0.493 e. The van der Waals surface area contributed by atoms with Gasteiger partial charge in [-0.3, -0.25) is 9.59 Å². The molecule has 1 aromatic carbocycles. The number of likely N-dealkylation sites (tertiary alicyclic amines) is 1. The highest BCUT2D eigenvalue weighted by atomic mass is 16.5. The third kappa shape index (κ3) is 3.72. The second kappa shape index (κ2) is 7.90. The minimum atomic E-state index is -0.225. The van der Waals surface area contributed by atoms with Gasteiger partial charge in [-0.25, -0.2) is 0 Å². The van der Waals surface area contributed by atoms with E-state index in [1.165, 1.54) is 33.2 Å². The van der Waals surface area contributed by atoms with E-state index in [0.717, 1.165) is 25.9 Å². The molecular weight excluding hydrogens is 312 g/mol. The van der Waals surface area contributed by atoms with E-state index in [9.17, 15) is 9.59 Å². The molecule has 0 N–H and O–H groups in total. The van der Waals surface area contributed by atoms with Crippen LogP contribution in [0, 0.1) is 0 Å². The Kier molecular flexibility index (Phi) is 5.89. The fraction of sp³-hybridized carbons (Fsp3) is 0.529. The fourth-order valence-electron chi connectivity index (χ4n) is 2.81. The van der Waals surface area contributed by atoms with Gasteiger partial charge in [-0.05, 0) is 12.8 Å². The number of hydrogen-bond donors (Lipinski definition) is 0. The lowest BCUT2D eigenvalue weighted by Crippen LogP contribution is -2.41. The average Bonchev–Trinajstić information content (AvgIpc) is 3.12.